The summed E-state index contributed by atoms with van der Waals surface area (Å²) < 4.78 is 4.58. The Balaban J connectivity index is 2.62. The van der Waals surface area contributed by atoms with Crippen LogP contribution in [0.1, 0.15) is 19.0 Å². The van der Waals surface area contributed by atoms with E-state index in [4.69, 9.17) is 0 Å². The van der Waals surface area contributed by atoms with Crippen molar-refractivity contribution in [3.63, 3.8) is 0 Å². The molecule has 5 nitrogen and oxygen atoms in total. The number of methoxy groups -OCH3 is 1. The number of anilines is 1. The van der Waals surface area contributed by atoms with Crippen LogP contribution in [0.2, 0.25) is 0 Å². The van der Waals surface area contributed by atoms with Crippen molar-refractivity contribution in [2.24, 2.45) is 0 Å². The average Bonchev–Trinajstić information content (AvgIpc) is 2.30. The number of rotatable bonds is 5. The van der Waals surface area contributed by atoms with Gasteiger partial charge in [0.05, 0.1) is 12.8 Å². The van der Waals surface area contributed by atoms with Crippen LogP contribution >= 0.6 is 0 Å². The van der Waals surface area contributed by atoms with Crippen LogP contribution in [0, 0.1) is 0 Å². The Morgan fingerprint density at radius 2 is 2.19 bits per heavy atom. The highest BCUT2D eigenvalue weighted by atomic mass is 16.5. The number of nitrogens with zero attached hydrogens (tertiary/aromatic N) is 3. The number of aryl methyl sites for hydroxylation is 1. The van der Waals surface area contributed by atoms with E-state index in [1.165, 1.54) is 7.11 Å². The van der Waals surface area contributed by atoms with Gasteiger partial charge in [-0.1, -0.05) is 13.3 Å². The number of carbonyl (C=O) groups excluding carboxylic acids is 1. The van der Waals surface area contributed by atoms with E-state index in [1.807, 2.05) is 12.1 Å². The molecule has 0 unspecified atom stereocenters. The molecule has 0 aliphatic rings. The molecular weight excluding hydrogens is 206 g/mol. The predicted molar refractivity (Wildman–Crippen MR) is 61.3 cm³/mol. The van der Waals surface area contributed by atoms with Gasteiger partial charge < -0.3 is 9.64 Å². The molecule has 0 saturated heterocycles. The van der Waals surface area contributed by atoms with E-state index in [-0.39, 0.29) is 12.5 Å². The van der Waals surface area contributed by atoms with E-state index in [1.54, 1.807) is 11.9 Å². The fourth-order valence-corrected chi connectivity index (χ4v) is 1.29. The summed E-state index contributed by atoms with van der Waals surface area (Å²) in [5.74, 6) is 0.382. The van der Waals surface area contributed by atoms with E-state index in [9.17, 15) is 4.79 Å². The van der Waals surface area contributed by atoms with Gasteiger partial charge in [-0.2, -0.15) is 5.10 Å². The molecule has 0 radical (unpaired) electrons. The molecule has 0 aliphatic carbocycles. The lowest BCUT2D eigenvalue weighted by atomic mass is 10.2. The molecule has 0 spiro atoms. The monoisotopic (exact) mass is 223 g/mol. The van der Waals surface area contributed by atoms with Crippen LogP contribution in [0.15, 0.2) is 12.1 Å². The molecule has 0 N–H and O–H groups in total. The van der Waals surface area contributed by atoms with Gasteiger partial charge in [-0.3, -0.25) is 4.79 Å². The number of hydrogen-bond acceptors (Lipinski definition) is 5. The Morgan fingerprint density at radius 3 is 2.69 bits per heavy atom. The van der Waals surface area contributed by atoms with Crippen molar-refractivity contribution in [2.45, 2.75) is 19.8 Å². The van der Waals surface area contributed by atoms with Crippen LogP contribution in [-0.4, -0.2) is 36.9 Å². The summed E-state index contributed by atoms with van der Waals surface area (Å²) in [6.45, 7) is 2.28. The molecule has 0 aliphatic heterocycles. The second kappa shape index (κ2) is 6.05. The van der Waals surface area contributed by atoms with Crippen molar-refractivity contribution < 1.29 is 9.53 Å². The van der Waals surface area contributed by atoms with Gasteiger partial charge in [-0.25, -0.2) is 0 Å². The number of likely N-dealkylation sites (N-methyl/N-ethyl adjacent to an activating group) is 1. The summed E-state index contributed by atoms with van der Waals surface area (Å²) >= 11 is 0. The number of aromatic nitrogens is 2. The first-order valence-corrected chi connectivity index (χ1v) is 5.28. The number of ether oxygens (including phenoxy) is 1. The maximum atomic E-state index is 11.1. The summed E-state index contributed by atoms with van der Waals surface area (Å²) in [4.78, 5) is 12.8. The van der Waals surface area contributed by atoms with Gasteiger partial charge in [-0.15, -0.1) is 5.10 Å². The minimum Gasteiger partial charge on any atom is -0.468 e. The Labute approximate surface area is 95.4 Å². The molecule has 88 valence electrons. The van der Waals surface area contributed by atoms with Crippen molar-refractivity contribution >= 4 is 11.8 Å². The molecule has 0 atom stereocenters. The summed E-state index contributed by atoms with van der Waals surface area (Å²) in [5.41, 5.74) is 0.970. The highest BCUT2D eigenvalue weighted by molar-refractivity contribution is 5.74. The Hall–Kier alpha value is -1.65. The minimum absolute atomic E-state index is 0.179. The van der Waals surface area contributed by atoms with Gasteiger partial charge in [0.25, 0.3) is 0 Å². The molecule has 1 aromatic heterocycles. The lowest BCUT2D eigenvalue weighted by molar-refractivity contribution is -0.138. The normalized spacial score (nSPS) is 9.94. The number of hydrogen-bond donors (Lipinski definition) is 0. The highest BCUT2D eigenvalue weighted by Crippen LogP contribution is 2.08. The first-order chi connectivity index (χ1) is 7.67. The molecule has 16 heavy (non-hydrogen) atoms. The summed E-state index contributed by atoms with van der Waals surface area (Å²) in [6.07, 6.45) is 1.97. The SMILES string of the molecule is CCCc1ccc(N(C)CC(=O)OC)nn1. The van der Waals surface area contributed by atoms with Crippen LogP contribution in [0.3, 0.4) is 0 Å². The predicted octanol–water partition coefficient (Wildman–Crippen LogP) is 1.04. The molecule has 1 heterocycles. The third-order valence-electron chi connectivity index (χ3n) is 2.20. The van der Waals surface area contributed by atoms with Gasteiger partial charge >= 0.3 is 5.97 Å². The van der Waals surface area contributed by atoms with Crippen molar-refractivity contribution in [1.29, 1.82) is 0 Å². The largest absolute Gasteiger partial charge is 0.468 e. The Bertz CT molecular complexity index is 338. The van der Waals surface area contributed by atoms with E-state index in [2.05, 4.69) is 21.9 Å². The smallest absolute Gasteiger partial charge is 0.325 e. The average molecular weight is 223 g/mol. The van der Waals surface area contributed by atoms with Crippen LogP contribution in [-0.2, 0) is 16.0 Å². The Kier molecular flexibility index (Phi) is 4.69. The Morgan fingerprint density at radius 1 is 1.44 bits per heavy atom. The maximum absolute atomic E-state index is 11.1. The maximum Gasteiger partial charge on any atom is 0.325 e. The molecule has 5 heteroatoms. The van der Waals surface area contributed by atoms with E-state index in [0.717, 1.165) is 18.5 Å². The molecular formula is C11H17N3O2. The zero-order chi connectivity index (χ0) is 12.0. The molecule has 0 fully saturated rings. The zero-order valence-electron chi connectivity index (χ0n) is 9.93. The van der Waals surface area contributed by atoms with E-state index >= 15 is 0 Å². The second-order valence-corrected chi connectivity index (χ2v) is 3.57. The van der Waals surface area contributed by atoms with Crippen molar-refractivity contribution in [1.82, 2.24) is 10.2 Å². The third-order valence-corrected chi connectivity index (χ3v) is 2.20. The first kappa shape index (κ1) is 12.4. The van der Waals surface area contributed by atoms with Gasteiger partial charge in [0.2, 0.25) is 0 Å². The topological polar surface area (TPSA) is 55.3 Å². The zero-order valence-corrected chi connectivity index (χ0v) is 9.93. The van der Waals surface area contributed by atoms with Crippen molar-refractivity contribution in [2.75, 3.05) is 25.6 Å². The lowest BCUT2D eigenvalue weighted by Gasteiger charge is -2.15. The third kappa shape index (κ3) is 3.49. The standard InChI is InChI=1S/C11H17N3O2/c1-4-5-9-6-7-10(13-12-9)14(2)8-11(15)16-3/h6-7H,4-5,8H2,1-3H3. The number of esters is 1. The summed E-state index contributed by atoms with van der Waals surface area (Å²) in [6, 6.07) is 3.79. The molecule has 0 aromatic carbocycles. The van der Waals surface area contributed by atoms with Crippen molar-refractivity contribution in [3.05, 3.63) is 17.8 Å². The molecule has 1 aromatic rings. The van der Waals surface area contributed by atoms with Gasteiger partial charge in [-0.05, 0) is 18.6 Å². The highest BCUT2D eigenvalue weighted by Gasteiger charge is 2.08. The molecule has 0 saturated carbocycles. The molecule has 0 amide bonds. The minimum atomic E-state index is -0.290. The quantitative estimate of drug-likeness (QED) is 0.698. The van der Waals surface area contributed by atoms with Crippen LogP contribution in [0.4, 0.5) is 5.82 Å². The van der Waals surface area contributed by atoms with Gasteiger partial charge in [0, 0.05) is 7.05 Å². The number of carbonyl (C=O) groups is 1. The fraction of sp³-hybridized carbons (Fsp3) is 0.545. The first-order valence-electron chi connectivity index (χ1n) is 5.28. The van der Waals surface area contributed by atoms with Crippen LogP contribution in [0.5, 0.6) is 0 Å². The lowest BCUT2D eigenvalue weighted by Crippen LogP contribution is -2.27. The van der Waals surface area contributed by atoms with Crippen LogP contribution < -0.4 is 4.90 Å². The molecule has 1 rings (SSSR count). The molecule has 0 bridgehead atoms. The summed E-state index contributed by atoms with van der Waals surface area (Å²) in [7, 11) is 3.15. The summed E-state index contributed by atoms with van der Waals surface area (Å²) in [5, 5.41) is 8.13. The van der Waals surface area contributed by atoms with Gasteiger partial charge in [0.15, 0.2) is 5.82 Å². The van der Waals surface area contributed by atoms with Crippen LogP contribution in [0.25, 0.3) is 0 Å². The van der Waals surface area contributed by atoms with E-state index in [0.29, 0.717) is 5.82 Å². The second-order valence-electron chi connectivity index (χ2n) is 3.57. The van der Waals surface area contributed by atoms with E-state index < -0.39 is 0 Å². The van der Waals surface area contributed by atoms with Crippen molar-refractivity contribution in [3.8, 4) is 0 Å². The fourth-order valence-electron chi connectivity index (χ4n) is 1.29. The van der Waals surface area contributed by atoms with Gasteiger partial charge in [0.1, 0.15) is 6.54 Å².